The van der Waals surface area contributed by atoms with Crippen LogP contribution in [0.4, 0.5) is 0 Å². The number of rotatable bonds is 1. The van der Waals surface area contributed by atoms with E-state index in [1.165, 1.54) is 5.57 Å². The van der Waals surface area contributed by atoms with Crippen molar-refractivity contribution < 1.29 is 5.11 Å². The molecule has 3 atom stereocenters. The van der Waals surface area contributed by atoms with Crippen molar-refractivity contribution in [2.45, 2.75) is 44.5 Å². The minimum atomic E-state index is -0.973. The number of aliphatic hydroxyl groups is 1. The van der Waals surface area contributed by atoms with Crippen LogP contribution in [0.25, 0.3) is 0 Å². The maximum absolute atomic E-state index is 10.4. The number of fused-ring (bicyclic) bond motifs is 3. The number of halogens is 1. The summed E-state index contributed by atoms with van der Waals surface area (Å²) in [4.78, 5) is 4.47. The van der Waals surface area contributed by atoms with Crippen LogP contribution in [0.5, 0.6) is 0 Å². The van der Waals surface area contributed by atoms with Crippen molar-refractivity contribution >= 4 is 17.8 Å². The monoisotopic (exact) mass is 333 g/mol. The van der Waals surface area contributed by atoms with E-state index in [-0.39, 0.29) is 18.0 Å². The van der Waals surface area contributed by atoms with E-state index in [1.807, 2.05) is 16.9 Å². The standard InChI is InChI=1S/C16H20ClN5O/c1-16(2,23)13-6-19-15-12(18)4-8-3-11(17)14-9(5-20-21-14)10(8)7-22(13)15/h3,5-6,9,12,14,21,23H,4,7,18H2,1-2H3. The van der Waals surface area contributed by atoms with Crippen LogP contribution < -0.4 is 11.2 Å². The van der Waals surface area contributed by atoms with Gasteiger partial charge in [0, 0.05) is 23.7 Å². The van der Waals surface area contributed by atoms with Crippen LogP contribution in [-0.4, -0.2) is 26.9 Å². The van der Waals surface area contributed by atoms with E-state index in [2.05, 4.69) is 15.5 Å². The molecule has 1 aliphatic carbocycles. The van der Waals surface area contributed by atoms with Crippen LogP contribution in [0.2, 0.25) is 0 Å². The molecule has 2 aliphatic heterocycles. The number of hydrogen-bond donors (Lipinski definition) is 3. The highest BCUT2D eigenvalue weighted by Crippen LogP contribution is 2.40. The van der Waals surface area contributed by atoms with Crippen LogP contribution in [0, 0.1) is 5.92 Å². The van der Waals surface area contributed by atoms with Crippen molar-refractivity contribution in [3.63, 3.8) is 0 Å². The molecule has 3 unspecified atom stereocenters. The first-order valence-electron chi connectivity index (χ1n) is 7.78. The zero-order valence-electron chi connectivity index (χ0n) is 13.1. The highest BCUT2D eigenvalue weighted by molar-refractivity contribution is 6.30. The van der Waals surface area contributed by atoms with E-state index >= 15 is 0 Å². The van der Waals surface area contributed by atoms with Crippen molar-refractivity contribution in [1.82, 2.24) is 15.0 Å². The Morgan fingerprint density at radius 1 is 1.48 bits per heavy atom. The van der Waals surface area contributed by atoms with E-state index in [9.17, 15) is 5.11 Å². The second-order valence-electron chi connectivity index (χ2n) is 6.95. The molecule has 0 spiro atoms. The molecule has 6 nitrogen and oxygen atoms in total. The molecular formula is C16H20ClN5O. The molecule has 7 heteroatoms. The molecule has 1 aromatic heterocycles. The summed E-state index contributed by atoms with van der Waals surface area (Å²) in [6.07, 6.45) is 6.33. The number of nitrogens with zero attached hydrogens (tertiary/aromatic N) is 3. The van der Waals surface area contributed by atoms with Gasteiger partial charge in [0.2, 0.25) is 0 Å². The Balaban J connectivity index is 1.85. The van der Waals surface area contributed by atoms with Crippen molar-refractivity contribution in [3.8, 4) is 0 Å². The third-order valence-electron chi connectivity index (χ3n) is 4.85. The van der Waals surface area contributed by atoms with Crippen LogP contribution in [0.3, 0.4) is 0 Å². The zero-order valence-corrected chi connectivity index (χ0v) is 13.9. The Morgan fingerprint density at radius 2 is 2.26 bits per heavy atom. The summed E-state index contributed by atoms with van der Waals surface area (Å²) in [5, 5.41) is 15.4. The number of hydrazone groups is 1. The molecule has 1 aromatic rings. The normalized spacial score (nSPS) is 29.4. The molecule has 0 bridgehead atoms. The Hall–Kier alpha value is -1.63. The summed E-state index contributed by atoms with van der Waals surface area (Å²) in [5.74, 6) is 0.929. The molecule has 3 heterocycles. The maximum atomic E-state index is 10.4. The van der Waals surface area contributed by atoms with Crippen molar-refractivity contribution in [2.75, 3.05) is 0 Å². The van der Waals surface area contributed by atoms with Crippen LogP contribution in [-0.2, 0) is 12.1 Å². The molecule has 0 radical (unpaired) electrons. The first-order valence-corrected chi connectivity index (χ1v) is 8.15. The third-order valence-corrected chi connectivity index (χ3v) is 5.19. The lowest BCUT2D eigenvalue weighted by molar-refractivity contribution is 0.0697. The second-order valence-corrected chi connectivity index (χ2v) is 7.38. The third kappa shape index (κ3) is 2.24. The topological polar surface area (TPSA) is 88.5 Å². The molecule has 0 aromatic carbocycles. The lowest BCUT2D eigenvalue weighted by atomic mass is 9.83. The Kier molecular flexibility index (Phi) is 3.20. The van der Waals surface area contributed by atoms with Crippen molar-refractivity contribution in [1.29, 1.82) is 0 Å². The summed E-state index contributed by atoms with van der Waals surface area (Å²) in [6.45, 7) is 4.18. The van der Waals surface area contributed by atoms with Gasteiger partial charge in [-0.05, 0) is 37.5 Å². The van der Waals surface area contributed by atoms with E-state index in [1.54, 1.807) is 20.0 Å². The molecule has 0 saturated heterocycles. The number of aromatic nitrogens is 2. The first kappa shape index (κ1) is 14.9. The molecule has 0 saturated carbocycles. The summed E-state index contributed by atoms with van der Waals surface area (Å²) in [6, 6.07) is -0.218. The van der Waals surface area contributed by atoms with Gasteiger partial charge >= 0.3 is 0 Å². The van der Waals surface area contributed by atoms with E-state index in [0.29, 0.717) is 13.0 Å². The molecular weight excluding hydrogens is 314 g/mol. The summed E-state index contributed by atoms with van der Waals surface area (Å²) >= 11 is 6.41. The minimum Gasteiger partial charge on any atom is -0.384 e. The number of imidazole rings is 1. The zero-order chi connectivity index (χ0) is 16.4. The smallest absolute Gasteiger partial charge is 0.126 e. The van der Waals surface area contributed by atoms with Gasteiger partial charge in [-0.3, -0.25) is 0 Å². The number of allylic oxidation sites excluding steroid dienone is 1. The Bertz CT molecular complexity index is 755. The molecule has 0 fully saturated rings. The Labute approximate surface area is 139 Å². The van der Waals surface area contributed by atoms with Gasteiger partial charge in [0.25, 0.3) is 0 Å². The van der Waals surface area contributed by atoms with Gasteiger partial charge in [0.1, 0.15) is 11.4 Å². The van der Waals surface area contributed by atoms with Crippen LogP contribution >= 0.6 is 11.6 Å². The first-order chi connectivity index (χ1) is 10.9. The second kappa shape index (κ2) is 4.93. The van der Waals surface area contributed by atoms with Crippen molar-refractivity contribution in [2.24, 2.45) is 16.8 Å². The summed E-state index contributed by atoms with van der Waals surface area (Å²) in [7, 11) is 0. The van der Waals surface area contributed by atoms with Gasteiger partial charge in [-0.1, -0.05) is 11.6 Å². The summed E-state index contributed by atoms with van der Waals surface area (Å²) in [5.41, 5.74) is 11.6. The van der Waals surface area contributed by atoms with Gasteiger partial charge < -0.3 is 20.8 Å². The number of hydrogen-bond acceptors (Lipinski definition) is 5. The highest BCUT2D eigenvalue weighted by Gasteiger charge is 2.38. The number of nitrogens with two attached hydrogens (primary N) is 1. The molecule has 122 valence electrons. The predicted octanol–water partition coefficient (Wildman–Crippen LogP) is 1.52. The van der Waals surface area contributed by atoms with Gasteiger partial charge in [0.05, 0.1) is 24.0 Å². The molecule has 4 N–H and O–H groups in total. The van der Waals surface area contributed by atoms with Gasteiger partial charge in [0.15, 0.2) is 0 Å². The van der Waals surface area contributed by atoms with Crippen LogP contribution in [0.15, 0.2) is 33.6 Å². The molecule has 4 rings (SSSR count). The largest absolute Gasteiger partial charge is 0.384 e. The Morgan fingerprint density at radius 3 is 3.00 bits per heavy atom. The number of nitrogens with one attached hydrogen (secondary N) is 1. The summed E-state index contributed by atoms with van der Waals surface area (Å²) < 4.78 is 2.04. The predicted molar refractivity (Wildman–Crippen MR) is 88.9 cm³/mol. The lowest BCUT2D eigenvalue weighted by Gasteiger charge is -2.28. The highest BCUT2D eigenvalue weighted by atomic mass is 35.5. The SMILES string of the molecule is CC(C)(O)c1cnc2n1CC1=C(C=C(Cl)C3NN=CC13)CC2N. The average molecular weight is 334 g/mol. The molecule has 0 amide bonds. The fourth-order valence-corrected chi connectivity index (χ4v) is 4.01. The van der Waals surface area contributed by atoms with E-state index < -0.39 is 5.60 Å². The van der Waals surface area contributed by atoms with Crippen molar-refractivity contribution in [3.05, 3.63) is 40.0 Å². The minimum absolute atomic E-state index is 0.00213. The van der Waals surface area contributed by atoms with Crippen LogP contribution in [0.1, 0.15) is 37.8 Å². The fourth-order valence-electron chi connectivity index (χ4n) is 3.69. The fraction of sp³-hybridized carbons (Fsp3) is 0.500. The van der Waals surface area contributed by atoms with Gasteiger partial charge in [-0.25, -0.2) is 4.98 Å². The van der Waals surface area contributed by atoms with E-state index in [4.69, 9.17) is 17.3 Å². The maximum Gasteiger partial charge on any atom is 0.126 e. The van der Waals surface area contributed by atoms with Gasteiger partial charge in [-0.2, -0.15) is 5.10 Å². The lowest BCUT2D eigenvalue weighted by Crippen LogP contribution is -2.33. The molecule has 3 aliphatic rings. The quantitative estimate of drug-likeness (QED) is 0.727. The van der Waals surface area contributed by atoms with E-state index in [0.717, 1.165) is 22.1 Å². The van der Waals surface area contributed by atoms with Gasteiger partial charge in [-0.15, -0.1) is 0 Å². The average Bonchev–Trinajstić information content (AvgIpc) is 3.07. The molecule has 23 heavy (non-hydrogen) atoms.